The van der Waals surface area contributed by atoms with Crippen LogP contribution < -0.4 is 0 Å². The molecule has 1 aromatic heterocycles. The Bertz CT molecular complexity index is 532. The van der Waals surface area contributed by atoms with E-state index in [1.54, 1.807) is 12.1 Å². The molecule has 0 saturated carbocycles. The Morgan fingerprint density at radius 1 is 1.24 bits per heavy atom. The fourth-order valence-electron chi connectivity index (χ4n) is 1.76. The maximum Gasteiger partial charge on any atom is 0.337 e. The van der Waals surface area contributed by atoms with E-state index in [1.165, 1.54) is 11.8 Å². The van der Waals surface area contributed by atoms with Crippen molar-refractivity contribution in [2.24, 2.45) is 0 Å². The summed E-state index contributed by atoms with van der Waals surface area (Å²) in [5.41, 5.74) is 3.30. The minimum Gasteiger partial charge on any atom is -0.478 e. The second-order valence-electron chi connectivity index (χ2n) is 3.75. The van der Waals surface area contributed by atoms with E-state index in [4.69, 9.17) is 5.11 Å². The average Bonchev–Trinajstić information content (AvgIpc) is 2.39. The van der Waals surface area contributed by atoms with Crippen molar-refractivity contribution >= 4 is 5.97 Å². The number of carboxylic acid groups (broad SMARTS) is 1. The summed E-state index contributed by atoms with van der Waals surface area (Å²) < 4.78 is 0. The number of pyridine rings is 1. The monoisotopic (exact) mass is 227 g/mol. The second-order valence-corrected chi connectivity index (χ2v) is 3.75. The molecule has 17 heavy (non-hydrogen) atoms. The maximum absolute atomic E-state index is 10.7. The van der Waals surface area contributed by atoms with Crippen molar-refractivity contribution in [2.75, 3.05) is 0 Å². The van der Waals surface area contributed by atoms with Crippen molar-refractivity contribution in [2.45, 2.75) is 13.3 Å². The van der Waals surface area contributed by atoms with Crippen LogP contribution >= 0.6 is 0 Å². The van der Waals surface area contributed by atoms with Crippen LogP contribution in [0.4, 0.5) is 0 Å². The molecular formula is C14H13NO2. The zero-order chi connectivity index (χ0) is 12.3. The molecule has 2 rings (SSSR count). The molecule has 0 aliphatic carbocycles. The van der Waals surface area contributed by atoms with Crippen LogP contribution in [0, 0.1) is 0 Å². The highest BCUT2D eigenvalue weighted by Crippen LogP contribution is 2.22. The summed E-state index contributed by atoms with van der Waals surface area (Å²) in [6.07, 6.45) is 2.32. The van der Waals surface area contributed by atoms with Gasteiger partial charge in [0.15, 0.2) is 0 Å². The van der Waals surface area contributed by atoms with Crippen LogP contribution in [-0.2, 0) is 6.42 Å². The molecule has 1 N–H and O–H groups in total. The fourth-order valence-corrected chi connectivity index (χ4v) is 1.76. The smallest absolute Gasteiger partial charge is 0.337 e. The first-order chi connectivity index (χ1) is 8.22. The van der Waals surface area contributed by atoms with E-state index in [0.29, 0.717) is 0 Å². The predicted molar refractivity (Wildman–Crippen MR) is 66.0 cm³/mol. The van der Waals surface area contributed by atoms with Gasteiger partial charge in [0.1, 0.15) is 0 Å². The molecule has 0 unspecified atom stereocenters. The standard InChI is InChI=1S/C14H13NO2/c1-2-10-5-3-4-6-12(10)13-8-7-11(9-15-13)14(16)17/h3-9H,2H2,1H3,(H,16,17). The number of hydrogen-bond acceptors (Lipinski definition) is 2. The van der Waals surface area contributed by atoms with Crippen LogP contribution in [0.25, 0.3) is 11.3 Å². The van der Waals surface area contributed by atoms with Crippen molar-refractivity contribution in [3.63, 3.8) is 0 Å². The number of aromatic nitrogens is 1. The third-order valence-electron chi connectivity index (χ3n) is 2.68. The van der Waals surface area contributed by atoms with Gasteiger partial charge in [-0.3, -0.25) is 4.98 Å². The van der Waals surface area contributed by atoms with Gasteiger partial charge < -0.3 is 5.11 Å². The number of carboxylic acids is 1. The lowest BCUT2D eigenvalue weighted by molar-refractivity contribution is 0.0696. The Morgan fingerprint density at radius 2 is 2.00 bits per heavy atom. The summed E-state index contributed by atoms with van der Waals surface area (Å²) in [5.74, 6) is -0.951. The van der Waals surface area contributed by atoms with Crippen molar-refractivity contribution in [3.05, 3.63) is 53.7 Å². The van der Waals surface area contributed by atoms with Gasteiger partial charge in [0.25, 0.3) is 0 Å². The number of rotatable bonds is 3. The van der Waals surface area contributed by atoms with Gasteiger partial charge in [-0.05, 0) is 24.1 Å². The Labute approximate surface area is 99.8 Å². The SMILES string of the molecule is CCc1ccccc1-c1ccc(C(=O)O)cn1. The molecule has 1 aromatic carbocycles. The van der Waals surface area contributed by atoms with E-state index in [1.807, 2.05) is 18.2 Å². The number of benzene rings is 1. The lowest BCUT2D eigenvalue weighted by Gasteiger charge is -2.06. The molecule has 2 aromatic rings. The van der Waals surface area contributed by atoms with E-state index >= 15 is 0 Å². The second kappa shape index (κ2) is 4.78. The number of aryl methyl sites for hydroxylation is 1. The largest absolute Gasteiger partial charge is 0.478 e. The van der Waals surface area contributed by atoms with E-state index in [0.717, 1.165) is 17.7 Å². The molecule has 0 radical (unpaired) electrons. The molecule has 0 spiro atoms. The van der Waals surface area contributed by atoms with Gasteiger partial charge in [0.05, 0.1) is 11.3 Å². The molecular weight excluding hydrogens is 214 g/mol. The van der Waals surface area contributed by atoms with Gasteiger partial charge in [-0.15, -0.1) is 0 Å². The van der Waals surface area contributed by atoms with Gasteiger partial charge in [-0.1, -0.05) is 31.2 Å². The average molecular weight is 227 g/mol. The van der Waals surface area contributed by atoms with Crippen LogP contribution in [-0.4, -0.2) is 16.1 Å². The quantitative estimate of drug-likeness (QED) is 0.876. The third kappa shape index (κ3) is 2.33. The fraction of sp³-hybridized carbons (Fsp3) is 0.143. The minimum absolute atomic E-state index is 0.211. The lowest BCUT2D eigenvalue weighted by Crippen LogP contribution is -1.97. The van der Waals surface area contributed by atoms with Gasteiger partial charge in [0.2, 0.25) is 0 Å². The summed E-state index contributed by atoms with van der Waals surface area (Å²) >= 11 is 0. The van der Waals surface area contributed by atoms with Crippen LogP contribution in [0.1, 0.15) is 22.8 Å². The van der Waals surface area contributed by atoms with E-state index in [-0.39, 0.29) is 5.56 Å². The lowest BCUT2D eigenvalue weighted by atomic mass is 10.0. The van der Waals surface area contributed by atoms with Crippen molar-refractivity contribution < 1.29 is 9.90 Å². The van der Waals surface area contributed by atoms with Crippen molar-refractivity contribution in [1.82, 2.24) is 4.98 Å². The molecule has 3 heteroatoms. The highest BCUT2D eigenvalue weighted by Gasteiger charge is 2.06. The number of hydrogen-bond donors (Lipinski definition) is 1. The van der Waals surface area contributed by atoms with E-state index in [2.05, 4.69) is 18.0 Å². The predicted octanol–water partition coefficient (Wildman–Crippen LogP) is 3.01. The molecule has 0 fully saturated rings. The van der Waals surface area contributed by atoms with Crippen molar-refractivity contribution in [1.29, 1.82) is 0 Å². The third-order valence-corrected chi connectivity index (χ3v) is 2.68. The molecule has 0 aliphatic heterocycles. The molecule has 0 aliphatic rings. The molecule has 0 atom stereocenters. The summed E-state index contributed by atoms with van der Waals surface area (Å²) in [6, 6.07) is 11.3. The Kier molecular flexibility index (Phi) is 3.19. The molecule has 1 heterocycles. The highest BCUT2D eigenvalue weighted by molar-refractivity contribution is 5.87. The first-order valence-corrected chi connectivity index (χ1v) is 5.50. The van der Waals surface area contributed by atoms with Gasteiger partial charge >= 0.3 is 5.97 Å². The van der Waals surface area contributed by atoms with E-state index < -0.39 is 5.97 Å². The van der Waals surface area contributed by atoms with Crippen LogP contribution in [0.2, 0.25) is 0 Å². The molecule has 0 bridgehead atoms. The highest BCUT2D eigenvalue weighted by atomic mass is 16.4. The normalized spacial score (nSPS) is 10.2. The Morgan fingerprint density at radius 3 is 2.59 bits per heavy atom. The summed E-state index contributed by atoms with van der Waals surface area (Å²) in [6.45, 7) is 2.09. The van der Waals surface area contributed by atoms with Gasteiger partial charge in [-0.25, -0.2) is 4.79 Å². The molecule has 0 saturated heterocycles. The number of aromatic carboxylic acids is 1. The van der Waals surface area contributed by atoms with E-state index in [9.17, 15) is 4.79 Å². The van der Waals surface area contributed by atoms with Crippen LogP contribution in [0.15, 0.2) is 42.6 Å². The Balaban J connectivity index is 2.43. The first-order valence-electron chi connectivity index (χ1n) is 5.50. The zero-order valence-corrected chi connectivity index (χ0v) is 9.55. The zero-order valence-electron chi connectivity index (χ0n) is 9.55. The van der Waals surface area contributed by atoms with Crippen LogP contribution in [0.5, 0.6) is 0 Å². The summed E-state index contributed by atoms with van der Waals surface area (Å²) in [4.78, 5) is 14.9. The number of nitrogens with zero attached hydrogens (tertiary/aromatic N) is 1. The summed E-state index contributed by atoms with van der Waals surface area (Å²) in [5, 5.41) is 8.81. The molecule has 0 amide bonds. The molecule has 3 nitrogen and oxygen atoms in total. The topological polar surface area (TPSA) is 50.2 Å². The maximum atomic E-state index is 10.7. The summed E-state index contributed by atoms with van der Waals surface area (Å²) in [7, 11) is 0. The Hall–Kier alpha value is -2.16. The number of carbonyl (C=O) groups is 1. The van der Waals surface area contributed by atoms with Crippen molar-refractivity contribution in [3.8, 4) is 11.3 Å². The first kappa shape index (κ1) is 11.3. The molecule has 86 valence electrons. The van der Waals surface area contributed by atoms with Gasteiger partial charge in [-0.2, -0.15) is 0 Å². The van der Waals surface area contributed by atoms with Crippen LogP contribution in [0.3, 0.4) is 0 Å². The minimum atomic E-state index is -0.951. The van der Waals surface area contributed by atoms with Gasteiger partial charge in [0, 0.05) is 11.8 Å².